The Kier molecular flexibility index (Phi) is 2.34. The van der Waals surface area contributed by atoms with E-state index >= 15 is 0 Å². The van der Waals surface area contributed by atoms with Crippen LogP contribution in [0.1, 0.15) is 10.5 Å². The maximum Gasteiger partial charge on any atom is 0.356 e. The van der Waals surface area contributed by atoms with Gasteiger partial charge in [-0.15, -0.1) is 10.2 Å². The van der Waals surface area contributed by atoms with Crippen molar-refractivity contribution in [3.63, 3.8) is 0 Å². The molecule has 0 unspecified atom stereocenters. The molecule has 2 rings (SSSR count). The summed E-state index contributed by atoms with van der Waals surface area (Å²) >= 11 is 5.56. The van der Waals surface area contributed by atoms with Crippen molar-refractivity contribution < 1.29 is 9.90 Å². The third-order valence-corrected chi connectivity index (χ3v) is 1.89. The third kappa shape index (κ3) is 1.94. The van der Waals surface area contributed by atoms with Crippen molar-refractivity contribution in [3.05, 3.63) is 35.5 Å². The van der Waals surface area contributed by atoms with Gasteiger partial charge < -0.3 is 5.11 Å². The van der Waals surface area contributed by atoms with Gasteiger partial charge in [0.15, 0.2) is 16.7 Å². The molecule has 0 atom stereocenters. The molecule has 0 radical (unpaired) electrons. The molecule has 6 nitrogen and oxygen atoms in total. The summed E-state index contributed by atoms with van der Waals surface area (Å²) < 4.78 is 1.45. The first-order valence-corrected chi connectivity index (χ1v) is 4.31. The second-order valence-corrected chi connectivity index (χ2v) is 3.07. The molecule has 0 aliphatic carbocycles. The number of rotatable bonds is 2. The van der Waals surface area contributed by atoms with Gasteiger partial charge in [-0.2, -0.15) is 0 Å². The number of carbonyl (C=O) groups is 1. The van der Waals surface area contributed by atoms with E-state index in [0.29, 0.717) is 5.82 Å². The van der Waals surface area contributed by atoms with Crippen molar-refractivity contribution in [2.45, 2.75) is 0 Å². The Morgan fingerprint density at radius 2 is 2.20 bits per heavy atom. The highest BCUT2D eigenvalue weighted by molar-refractivity contribution is 6.29. The molecule has 2 aromatic heterocycles. The lowest BCUT2D eigenvalue weighted by Crippen LogP contribution is -1.97. The number of carboxylic acid groups (broad SMARTS) is 1. The fraction of sp³-hybridized carbons (Fsp3) is 0. The molecule has 0 bridgehead atoms. The second-order valence-electron chi connectivity index (χ2n) is 2.69. The van der Waals surface area contributed by atoms with Gasteiger partial charge in [-0.3, -0.25) is 4.57 Å². The largest absolute Gasteiger partial charge is 0.476 e. The van der Waals surface area contributed by atoms with E-state index < -0.39 is 5.97 Å². The minimum absolute atomic E-state index is 0.0493. The number of halogens is 1. The van der Waals surface area contributed by atoms with Gasteiger partial charge in [0, 0.05) is 6.20 Å². The van der Waals surface area contributed by atoms with Crippen LogP contribution in [0.5, 0.6) is 0 Å². The first-order valence-electron chi connectivity index (χ1n) is 3.94. The van der Waals surface area contributed by atoms with Gasteiger partial charge in [0.1, 0.15) is 6.33 Å². The van der Waals surface area contributed by atoms with Gasteiger partial charge in [-0.25, -0.2) is 9.78 Å². The van der Waals surface area contributed by atoms with Crippen molar-refractivity contribution in [1.82, 2.24) is 19.7 Å². The van der Waals surface area contributed by atoms with Crippen LogP contribution in [-0.4, -0.2) is 30.8 Å². The molecule has 0 saturated heterocycles. The van der Waals surface area contributed by atoms with Crippen LogP contribution in [0.25, 0.3) is 5.82 Å². The molecule has 0 spiro atoms. The highest BCUT2D eigenvalue weighted by atomic mass is 35.5. The maximum atomic E-state index is 10.6. The number of imidazole rings is 1. The lowest BCUT2D eigenvalue weighted by Gasteiger charge is -1.97. The molecule has 76 valence electrons. The first kappa shape index (κ1) is 9.60. The van der Waals surface area contributed by atoms with E-state index in [-0.39, 0.29) is 10.8 Å². The van der Waals surface area contributed by atoms with Crippen molar-refractivity contribution in [2.24, 2.45) is 0 Å². The predicted molar refractivity (Wildman–Crippen MR) is 51.1 cm³/mol. The van der Waals surface area contributed by atoms with E-state index in [2.05, 4.69) is 15.2 Å². The van der Waals surface area contributed by atoms with E-state index in [9.17, 15) is 4.79 Å². The third-order valence-electron chi connectivity index (χ3n) is 1.68. The summed E-state index contributed by atoms with van der Waals surface area (Å²) in [6, 6.07) is 3.17. The predicted octanol–water partition coefficient (Wildman–Crippen LogP) is 1.01. The van der Waals surface area contributed by atoms with Gasteiger partial charge in [0.2, 0.25) is 0 Å². The molecule has 0 saturated carbocycles. The molecular weight excluding hydrogens is 220 g/mol. The summed E-state index contributed by atoms with van der Waals surface area (Å²) in [5, 5.41) is 16.3. The molecular formula is C8H5ClN4O2. The monoisotopic (exact) mass is 224 g/mol. The number of nitrogens with zero attached hydrogens (tertiary/aromatic N) is 4. The molecule has 15 heavy (non-hydrogen) atoms. The lowest BCUT2D eigenvalue weighted by molar-refractivity contribution is 0.0691. The molecule has 0 aromatic carbocycles. The normalized spacial score (nSPS) is 10.2. The highest BCUT2D eigenvalue weighted by Gasteiger charge is 2.07. The van der Waals surface area contributed by atoms with E-state index in [0.717, 1.165) is 0 Å². The summed E-state index contributed by atoms with van der Waals surface area (Å²) in [6.45, 7) is 0. The maximum absolute atomic E-state index is 10.6. The van der Waals surface area contributed by atoms with Gasteiger partial charge in [-0.1, -0.05) is 11.6 Å². The molecule has 0 amide bonds. The van der Waals surface area contributed by atoms with Crippen molar-refractivity contribution >= 4 is 17.6 Å². The second kappa shape index (κ2) is 3.66. The topological polar surface area (TPSA) is 80.9 Å². The van der Waals surface area contributed by atoms with Crippen molar-refractivity contribution in [1.29, 1.82) is 0 Å². The number of hydrogen-bond donors (Lipinski definition) is 1. The smallest absolute Gasteiger partial charge is 0.356 e. The van der Waals surface area contributed by atoms with Crippen molar-refractivity contribution in [2.75, 3.05) is 0 Å². The SMILES string of the molecule is O=C(O)c1cn(-c2ccc(Cl)nn2)cn1. The first-order chi connectivity index (χ1) is 7.16. The highest BCUT2D eigenvalue weighted by Crippen LogP contribution is 2.07. The summed E-state index contributed by atoms with van der Waals surface area (Å²) in [5.41, 5.74) is -0.0493. The summed E-state index contributed by atoms with van der Waals surface area (Å²) in [5.74, 6) is -0.630. The van der Waals surface area contributed by atoms with Crippen LogP contribution >= 0.6 is 11.6 Å². The van der Waals surface area contributed by atoms with E-state index in [1.165, 1.54) is 17.1 Å². The van der Waals surface area contributed by atoms with Gasteiger partial charge in [0.05, 0.1) is 0 Å². The Bertz CT molecular complexity index is 494. The zero-order valence-electron chi connectivity index (χ0n) is 7.33. The fourth-order valence-corrected chi connectivity index (χ4v) is 1.11. The summed E-state index contributed by atoms with van der Waals surface area (Å²) in [7, 11) is 0. The average Bonchev–Trinajstić information content (AvgIpc) is 2.68. The Morgan fingerprint density at radius 3 is 2.73 bits per heavy atom. The van der Waals surface area contributed by atoms with Gasteiger partial charge in [-0.05, 0) is 12.1 Å². The van der Waals surface area contributed by atoms with E-state index in [1.807, 2.05) is 0 Å². The van der Waals surface area contributed by atoms with Crippen LogP contribution in [0.2, 0.25) is 5.15 Å². The number of carboxylic acids is 1. The number of aromatic nitrogens is 4. The molecule has 1 N–H and O–H groups in total. The Labute approximate surface area is 89.2 Å². The molecule has 0 aliphatic rings. The molecule has 0 fully saturated rings. The van der Waals surface area contributed by atoms with Crippen LogP contribution in [-0.2, 0) is 0 Å². The van der Waals surface area contributed by atoms with Crippen LogP contribution in [0, 0.1) is 0 Å². The minimum Gasteiger partial charge on any atom is -0.476 e. The number of aromatic carboxylic acids is 1. The standard InChI is InChI=1S/C8H5ClN4O2/c9-6-1-2-7(12-11-6)13-3-5(8(14)15)10-4-13/h1-4H,(H,14,15). The molecule has 7 heteroatoms. The van der Waals surface area contributed by atoms with Crippen LogP contribution in [0.15, 0.2) is 24.7 Å². The van der Waals surface area contributed by atoms with Crippen LogP contribution in [0.4, 0.5) is 0 Å². The fourth-order valence-electron chi connectivity index (χ4n) is 1.01. The van der Waals surface area contributed by atoms with E-state index in [1.54, 1.807) is 12.1 Å². The molecule has 0 aliphatic heterocycles. The zero-order valence-corrected chi connectivity index (χ0v) is 8.09. The van der Waals surface area contributed by atoms with Crippen LogP contribution < -0.4 is 0 Å². The van der Waals surface area contributed by atoms with Gasteiger partial charge >= 0.3 is 5.97 Å². The average molecular weight is 225 g/mol. The van der Waals surface area contributed by atoms with Crippen molar-refractivity contribution in [3.8, 4) is 5.82 Å². The zero-order chi connectivity index (χ0) is 10.8. The van der Waals surface area contributed by atoms with Gasteiger partial charge in [0.25, 0.3) is 0 Å². The summed E-state index contributed by atoms with van der Waals surface area (Å²) in [4.78, 5) is 14.2. The molecule has 2 heterocycles. The minimum atomic E-state index is -1.09. The number of hydrogen-bond acceptors (Lipinski definition) is 4. The molecule has 2 aromatic rings. The lowest BCUT2D eigenvalue weighted by atomic mass is 10.5. The van der Waals surface area contributed by atoms with E-state index in [4.69, 9.17) is 16.7 Å². The Morgan fingerprint density at radius 1 is 1.40 bits per heavy atom. The summed E-state index contributed by atoms with van der Waals surface area (Å²) in [6.07, 6.45) is 2.70. The quantitative estimate of drug-likeness (QED) is 0.824. The Balaban J connectivity index is 2.37. The van der Waals surface area contributed by atoms with Crippen LogP contribution in [0.3, 0.4) is 0 Å². The Hall–Kier alpha value is -1.95.